The Morgan fingerprint density at radius 1 is 0.438 bits per heavy atom. The van der Waals surface area contributed by atoms with Gasteiger partial charge >= 0.3 is 0 Å². The molecule has 0 radical (unpaired) electrons. The van der Waals surface area contributed by atoms with E-state index in [1.54, 1.807) is 0 Å². The Kier molecular flexibility index (Phi) is 20.3. The maximum Gasteiger partial charge on any atom is -0.0360 e. The molecular weight excluding hydrogens is 384 g/mol. The fraction of sp³-hybridized carbons (Fsp3) is 1.00. The summed E-state index contributed by atoms with van der Waals surface area (Å²) in [5.41, 5.74) is 2.52. The second-order valence-corrected chi connectivity index (χ2v) is 16.4. The summed E-state index contributed by atoms with van der Waals surface area (Å²) in [7, 11) is 0. The summed E-state index contributed by atoms with van der Waals surface area (Å²) < 4.78 is 0. The van der Waals surface area contributed by atoms with Gasteiger partial charge in [0.1, 0.15) is 0 Å². The van der Waals surface area contributed by atoms with Crippen LogP contribution in [0.4, 0.5) is 0 Å². The SMILES string of the molecule is CC(C)(C)CC(C)(C)C.CC(C)C(C)(C)C.CC(C)C(C)(C)C.CCCCCC(C)(C)C. The van der Waals surface area contributed by atoms with Crippen molar-refractivity contribution in [1.82, 2.24) is 0 Å². The molecule has 0 aromatic rings. The van der Waals surface area contributed by atoms with Crippen LogP contribution in [0.2, 0.25) is 0 Å². The molecule has 0 rings (SSSR count). The zero-order valence-electron chi connectivity index (χ0n) is 27.2. The average molecular weight is 457 g/mol. The zero-order valence-corrected chi connectivity index (χ0v) is 27.2. The van der Waals surface area contributed by atoms with E-state index in [1.165, 1.54) is 32.1 Å². The summed E-state index contributed by atoms with van der Waals surface area (Å²) >= 11 is 0. The fourth-order valence-corrected chi connectivity index (χ4v) is 2.50. The van der Waals surface area contributed by atoms with E-state index in [9.17, 15) is 0 Å². The molecule has 0 N–H and O–H groups in total. The molecule has 0 saturated heterocycles. The number of unbranched alkanes of at least 4 members (excludes halogenated alkanes) is 2. The van der Waals surface area contributed by atoms with Gasteiger partial charge in [-0.2, -0.15) is 0 Å². The Labute approximate surface area is 209 Å². The molecule has 0 fully saturated rings. The van der Waals surface area contributed by atoms with Crippen LogP contribution in [0.25, 0.3) is 0 Å². The van der Waals surface area contributed by atoms with Gasteiger partial charge in [0.05, 0.1) is 0 Å². The lowest BCUT2D eigenvalue weighted by Crippen LogP contribution is -2.16. The van der Waals surface area contributed by atoms with Crippen LogP contribution < -0.4 is 0 Å². The normalized spacial score (nSPS) is 12.9. The van der Waals surface area contributed by atoms with E-state index >= 15 is 0 Å². The topological polar surface area (TPSA) is 0 Å². The van der Waals surface area contributed by atoms with Gasteiger partial charge in [0.15, 0.2) is 0 Å². The minimum atomic E-state index is 0.484. The molecule has 0 heterocycles. The molecule has 0 saturated carbocycles. The van der Waals surface area contributed by atoms with Gasteiger partial charge in [0.2, 0.25) is 0 Å². The Hall–Kier alpha value is 0. The van der Waals surface area contributed by atoms with Crippen LogP contribution in [-0.4, -0.2) is 0 Å². The molecule has 0 heteroatoms. The lowest BCUT2D eigenvalue weighted by Gasteiger charge is -2.28. The van der Waals surface area contributed by atoms with E-state index in [0.29, 0.717) is 27.1 Å². The summed E-state index contributed by atoms with van der Waals surface area (Å²) in [6, 6.07) is 0. The summed E-state index contributed by atoms with van der Waals surface area (Å²) in [6.07, 6.45) is 6.81. The Bertz CT molecular complexity index is 358. The largest absolute Gasteiger partial charge is 0.0654 e. The first-order chi connectivity index (χ1) is 13.7. The third kappa shape index (κ3) is 43.8. The van der Waals surface area contributed by atoms with Crippen molar-refractivity contribution in [3.05, 3.63) is 0 Å². The van der Waals surface area contributed by atoms with Crippen LogP contribution in [0.1, 0.15) is 171 Å². The molecule has 0 aliphatic rings. The second-order valence-electron chi connectivity index (χ2n) is 16.4. The molecule has 0 atom stereocenters. The van der Waals surface area contributed by atoms with E-state index in [1.807, 2.05) is 0 Å². The minimum Gasteiger partial charge on any atom is -0.0654 e. The molecule has 0 unspecified atom stereocenters. The highest BCUT2D eigenvalue weighted by atomic mass is 14.3. The maximum atomic E-state index is 2.31. The fourth-order valence-electron chi connectivity index (χ4n) is 2.50. The van der Waals surface area contributed by atoms with Gasteiger partial charge in [-0.1, -0.05) is 158 Å². The van der Waals surface area contributed by atoms with Gasteiger partial charge in [-0.15, -0.1) is 0 Å². The first-order valence-electron chi connectivity index (χ1n) is 13.7. The van der Waals surface area contributed by atoms with E-state index in [0.717, 1.165) is 11.8 Å². The first kappa shape index (κ1) is 39.2. The van der Waals surface area contributed by atoms with Crippen molar-refractivity contribution in [1.29, 1.82) is 0 Å². The predicted octanol–water partition coefficient (Wildman–Crippen LogP) is 12.5. The lowest BCUT2D eigenvalue weighted by atomic mass is 9.78. The van der Waals surface area contributed by atoms with Crippen molar-refractivity contribution in [3.8, 4) is 0 Å². The number of rotatable bonds is 3. The molecule has 200 valence electrons. The van der Waals surface area contributed by atoms with E-state index < -0.39 is 0 Å². The smallest absolute Gasteiger partial charge is 0.0360 e. The molecular formula is C32H72. The minimum absolute atomic E-state index is 0.484. The number of hydrogen-bond donors (Lipinski definition) is 0. The quantitative estimate of drug-likeness (QED) is 0.370. The molecule has 0 nitrogen and oxygen atoms in total. The van der Waals surface area contributed by atoms with Gasteiger partial charge in [-0.05, 0) is 51.8 Å². The van der Waals surface area contributed by atoms with E-state index in [-0.39, 0.29) is 0 Å². The zero-order chi connectivity index (χ0) is 27.2. The predicted molar refractivity (Wildman–Crippen MR) is 156 cm³/mol. The summed E-state index contributed by atoms with van der Waals surface area (Å²) in [4.78, 5) is 0. The van der Waals surface area contributed by atoms with Gasteiger partial charge < -0.3 is 0 Å². The Balaban J connectivity index is -0.000000165. The van der Waals surface area contributed by atoms with Crippen LogP contribution in [0.5, 0.6) is 0 Å². The van der Waals surface area contributed by atoms with E-state index in [4.69, 9.17) is 0 Å². The maximum absolute atomic E-state index is 2.31. The molecule has 0 aliphatic carbocycles. The number of hydrogen-bond acceptors (Lipinski definition) is 0. The Morgan fingerprint density at radius 3 is 0.781 bits per heavy atom. The molecule has 0 aromatic heterocycles. The standard InChI is InChI=1S/2C9H20.2C7H16/c1-8(2,3)7-9(4,5)6;1-5-6-7-8-9(2,3)4;2*1-6(2)7(3,4)5/h7H2,1-6H3;5-8H2,1-4H3;2*6H,1-5H3. The highest BCUT2D eigenvalue weighted by molar-refractivity contribution is 4.71. The van der Waals surface area contributed by atoms with Gasteiger partial charge in [-0.3, -0.25) is 0 Å². The van der Waals surface area contributed by atoms with Gasteiger partial charge in [0.25, 0.3) is 0 Å². The highest BCUT2D eigenvalue weighted by Crippen LogP contribution is 2.32. The molecule has 0 amide bonds. The van der Waals surface area contributed by atoms with Crippen LogP contribution in [0.3, 0.4) is 0 Å². The Morgan fingerprint density at radius 2 is 0.688 bits per heavy atom. The van der Waals surface area contributed by atoms with Crippen molar-refractivity contribution in [2.75, 3.05) is 0 Å². The average Bonchev–Trinajstić information content (AvgIpc) is 2.42. The summed E-state index contributed by atoms with van der Waals surface area (Å²) in [5, 5.41) is 0. The van der Waals surface area contributed by atoms with Gasteiger partial charge in [-0.25, -0.2) is 0 Å². The van der Waals surface area contributed by atoms with Gasteiger partial charge in [0, 0.05) is 0 Å². The van der Waals surface area contributed by atoms with E-state index in [2.05, 4.69) is 138 Å². The summed E-state index contributed by atoms with van der Waals surface area (Å²) in [6.45, 7) is 45.5. The van der Waals surface area contributed by atoms with Crippen LogP contribution in [0.15, 0.2) is 0 Å². The molecule has 0 bridgehead atoms. The van der Waals surface area contributed by atoms with Crippen LogP contribution >= 0.6 is 0 Å². The monoisotopic (exact) mass is 457 g/mol. The lowest BCUT2D eigenvalue weighted by molar-refractivity contribution is 0.233. The van der Waals surface area contributed by atoms with Crippen molar-refractivity contribution >= 4 is 0 Å². The second kappa shape index (κ2) is 16.6. The third-order valence-corrected chi connectivity index (χ3v) is 6.06. The molecule has 0 aliphatic heterocycles. The highest BCUT2D eigenvalue weighted by Gasteiger charge is 2.20. The third-order valence-electron chi connectivity index (χ3n) is 6.06. The summed E-state index contributed by atoms with van der Waals surface area (Å²) in [5.74, 6) is 1.60. The first-order valence-corrected chi connectivity index (χ1v) is 13.7. The van der Waals surface area contributed by atoms with Crippen LogP contribution in [-0.2, 0) is 0 Å². The van der Waals surface area contributed by atoms with Crippen molar-refractivity contribution in [2.45, 2.75) is 171 Å². The molecule has 32 heavy (non-hydrogen) atoms. The molecule has 0 spiro atoms. The van der Waals surface area contributed by atoms with Crippen molar-refractivity contribution in [3.63, 3.8) is 0 Å². The van der Waals surface area contributed by atoms with Crippen molar-refractivity contribution in [2.24, 2.45) is 38.9 Å². The van der Waals surface area contributed by atoms with Crippen molar-refractivity contribution < 1.29 is 0 Å². The molecule has 0 aromatic carbocycles. The van der Waals surface area contributed by atoms with Crippen LogP contribution in [0, 0.1) is 38.9 Å².